The molecule has 0 saturated heterocycles. The average Bonchev–Trinajstić information content (AvgIpc) is 3.13. The Morgan fingerprint density at radius 1 is 1.12 bits per heavy atom. The van der Waals surface area contributed by atoms with Crippen LogP contribution in [0, 0.1) is 0 Å². The highest BCUT2D eigenvalue weighted by Gasteiger charge is 2.26. The molecule has 0 amide bonds. The number of para-hydroxylation sites is 2. The lowest BCUT2D eigenvalue weighted by molar-refractivity contribution is -0.670. The van der Waals surface area contributed by atoms with Gasteiger partial charge in [-0.05, 0) is 25.1 Å². The zero-order valence-electron chi connectivity index (χ0n) is 13.9. The summed E-state index contributed by atoms with van der Waals surface area (Å²) in [5.74, 6) is 0. The molecule has 3 aromatic rings. The van der Waals surface area contributed by atoms with Crippen molar-refractivity contribution < 1.29 is 33.7 Å². The normalized spacial score (nSPS) is 14.8. The number of aromatic nitrogens is 1. The second-order valence-electron chi connectivity index (χ2n) is 5.58. The Bertz CT molecular complexity index is 923. The summed E-state index contributed by atoms with van der Waals surface area (Å²) >= 11 is 3.60. The number of anilines is 1. The Balaban J connectivity index is 0.00000182. The van der Waals surface area contributed by atoms with Gasteiger partial charge in [0.1, 0.15) is 11.3 Å². The minimum absolute atomic E-state index is 0. The second-order valence-corrected chi connectivity index (χ2v) is 7.70. The van der Waals surface area contributed by atoms with Crippen LogP contribution >= 0.6 is 23.1 Å². The molecule has 0 bridgehead atoms. The number of aliphatic hydroxyl groups excluding tert-OH is 1. The summed E-state index contributed by atoms with van der Waals surface area (Å²) < 4.78 is 3.46. The molecule has 1 aliphatic rings. The van der Waals surface area contributed by atoms with Gasteiger partial charge in [0, 0.05) is 17.5 Å². The Hall–Kier alpha value is -1.09. The molecule has 0 fully saturated rings. The van der Waals surface area contributed by atoms with E-state index in [0.29, 0.717) is 6.54 Å². The van der Waals surface area contributed by atoms with E-state index in [1.807, 2.05) is 11.8 Å². The van der Waals surface area contributed by atoms with Crippen molar-refractivity contribution in [3.8, 4) is 0 Å². The fraction of sp³-hybridized carbons (Fsp3) is 0.211. The molecular weight excluding hydrogens is 463 g/mol. The maximum Gasteiger partial charge on any atom is 0.265 e. The fourth-order valence-corrected chi connectivity index (χ4v) is 5.45. The van der Waals surface area contributed by atoms with Crippen LogP contribution in [0.15, 0.2) is 58.5 Å². The van der Waals surface area contributed by atoms with Gasteiger partial charge in [-0.1, -0.05) is 47.4 Å². The maximum absolute atomic E-state index is 9.47. The number of fused-ring (bicyclic) bond motifs is 2. The fourth-order valence-electron chi connectivity index (χ4n) is 3.08. The van der Waals surface area contributed by atoms with Gasteiger partial charge in [-0.15, -0.1) is 0 Å². The Morgan fingerprint density at radius 3 is 2.68 bits per heavy atom. The van der Waals surface area contributed by atoms with Gasteiger partial charge in [0.2, 0.25) is 5.52 Å². The van der Waals surface area contributed by atoms with Crippen LogP contribution in [-0.4, -0.2) is 18.3 Å². The first-order valence-corrected chi connectivity index (χ1v) is 9.73. The number of aliphatic hydroxyl groups is 1. The molecular formula is C19H19IN2OS2. The van der Waals surface area contributed by atoms with Gasteiger partial charge in [0.25, 0.3) is 5.01 Å². The number of thioether (sulfide) groups is 1. The zero-order chi connectivity index (χ0) is 16.5. The third kappa shape index (κ3) is 3.45. The zero-order valence-corrected chi connectivity index (χ0v) is 17.6. The number of halogens is 1. The van der Waals surface area contributed by atoms with Crippen LogP contribution in [0.5, 0.6) is 0 Å². The summed E-state index contributed by atoms with van der Waals surface area (Å²) in [6.07, 6.45) is 2.26. The smallest absolute Gasteiger partial charge is 0.265 e. The Labute approximate surface area is 173 Å². The van der Waals surface area contributed by atoms with Gasteiger partial charge < -0.3 is 34.0 Å². The lowest BCUT2D eigenvalue weighted by Crippen LogP contribution is -3.00. The third-order valence-corrected chi connectivity index (χ3v) is 6.39. The van der Waals surface area contributed by atoms with Crippen LogP contribution < -0.4 is 33.4 Å². The molecule has 2 aromatic carbocycles. The molecule has 0 saturated carbocycles. The lowest BCUT2D eigenvalue weighted by atomic mass is 10.3. The minimum atomic E-state index is 0. The van der Waals surface area contributed by atoms with E-state index in [0.717, 1.165) is 6.54 Å². The summed E-state index contributed by atoms with van der Waals surface area (Å²) in [5, 5.41) is 11.9. The molecule has 0 radical (unpaired) electrons. The molecule has 3 nitrogen and oxygen atoms in total. The molecule has 0 atom stereocenters. The van der Waals surface area contributed by atoms with Gasteiger partial charge >= 0.3 is 0 Å². The van der Waals surface area contributed by atoms with Gasteiger partial charge in [-0.3, -0.25) is 0 Å². The number of nitrogens with zero attached hydrogens (tertiary/aromatic N) is 2. The van der Waals surface area contributed by atoms with Gasteiger partial charge in [-0.2, -0.15) is 4.57 Å². The molecule has 4 rings (SSSR count). The van der Waals surface area contributed by atoms with E-state index >= 15 is 0 Å². The minimum Gasteiger partial charge on any atom is -1.00 e. The van der Waals surface area contributed by atoms with E-state index < -0.39 is 0 Å². The van der Waals surface area contributed by atoms with Crippen molar-refractivity contribution in [1.29, 1.82) is 0 Å². The molecule has 6 heteroatoms. The number of thiazole rings is 1. The molecule has 25 heavy (non-hydrogen) atoms. The highest BCUT2D eigenvalue weighted by atomic mass is 127. The van der Waals surface area contributed by atoms with E-state index in [-0.39, 0.29) is 30.6 Å². The number of hydrogen-bond acceptors (Lipinski definition) is 4. The van der Waals surface area contributed by atoms with E-state index in [2.05, 4.69) is 71.0 Å². The standard InChI is InChI=1S/C19H19N2OS2.HI/c1-2-20-14-7-3-5-9-16(14)23-18(20)13-19-21(11-12-22)15-8-4-6-10-17(15)24-19;/h3-10,13,22H,2,11-12H2,1H3;1H/q+1;/p-1. The second kappa shape index (κ2) is 8.07. The topological polar surface area (TPSA) is 27.4 Å². The Kier molecular flexibility index (Phi) is 6.04. The maximum atomic E-state index is 9.47. The molecule has 1 aliphatic heterocycles. The first kappa shape index (κ1) is 18.7. The average molecular weight is 482 g/mol. The molecule has 2 heterocycles. The summed E-state index contributed by atoms with van der Waals surface area (Å²) in [6.45, 7) is 3.89. The van der Waals surface area contributed by atoms with Crippen LogP contribution in [0.2, 0.25) is 0 Å². The van der Waals surface area contributed by atoms with Gasteiger partial charge in [0.05, 0.1) is 16.8 Å². The SMILES string of the molecule is CCN1/C(=C\c2sc3ccccc3[n+]2CCO)Sc2ccccc21.[I-]. The van der Waals surface area contributed by atoms with Crippen LogP contribution in [0.4, 0.5) is 5.69 Å². The van der Waals surface area contributed by atoms with Crippen molar-refractivity contribution in [3.63, 3.8) is 0 Å². The van der Waals surface area contributed by atoms with E-state index in [9.17, 15) is 5.11 Å². The van der Waals surface area contributed by atoms with Crippen LogP contribution in [0.25, 0.3) is 16.3 Å². The van der Waals surface area contributed by atoms with Crippen molar-refractivity contribution in [3.05, 3.63) is 58.6 Å². The quantitative estimate of drug-likeness (QED) is 0.446. The van der Waals surface area contributed by atoms with Gasteiger partial charge in [-0.25, -0.2) is 0 Å². The monoisotopic (exact) mass is 482 g/mol. The van der Waals surface area contributed by atoms with Crippen LogP contribution in [0.1, 0.15) is 11.9 Å². The van der Waals surface area contributed by atoms with Crippen molar-refractivity contribution in [2.45, 2.75) is 18.4 Å². The molecule has 0 aliphatic carbocycles. The molecule has 0 unspecified atom stereocenters. The summed E-state index contributed by atoms with van der Waals surface area (Å²) in [7, 11) is 0. The first-order chi connectivity index (χ1) is 11.8. The Morgan fingerprint density at radius 2 is 1.88 bits per heavy atom. The summed E-state index contributed by atoms with van der Waals surface area (Å²) in [5.41, 5.74) is 2.47. The summed E-state index contributed by atoms with van der Waals surface area (Å²) in [4.78, 5) is 3.66. The van der Waals surface area contributed by atoms with E-state index in [4.69, 9.17) is 0 Å². The van der Waals surface area contributed by atoms with Crippen LogP contribution in [0.3, 0.4) is 0 Å². The van der Waals surface area contributed by atoms with E-state index in [1.54, 1.807) is 11.3 Å². The number of rotatable bonds is 4. The number of benzene rings is 2. The third-order valence-electron chi connectivity index (χ3n) is 4.16. The number of hydrogen-bond donors (Lipinski definition) is 1. The summed E-state index contributed by atoms with van der Waals surface area (Å²) in [6, 6.07) is 16.9. The highest BCUT2D eigenvalue weighted by Crippen LogP contribution is 2.46. The predicted molar refractivity (Wildman–Crippen MR) is 102 cm³/mol. The van der Waals surface area contributed by atoms with Crippen molar-refractivity contribution in [1.82, 2.24) is 0 Å². The largest absolute Gasteiger partial charge is 1.00 e. The molecule has 1 N–H and O–H groups in total. The van der Waals surface area contributed by atoms with E-state index in [1.165, 1.54) is 30.8 Å². The van der Waals surface area contributed by atoms with Gasteiger partial charge in [0.15, 0.2) is 6.54 Å². The van der Waals surface area contributed by atoms with Crippen LogP contribution in [-0.2, 0) is 6.54 Å². The lowest BCUT2D eigenvalue weighted by Gasteiger charge is -2.17. The highest BCUT2D eigenvalue weighted by molar-refractivity contribution is 8.03. The van der Waals surface area contributed by atoms with Crippen molar-refractivity contribution in [2.75, 3.05) is 18.1 Å². The molecule has 130 valence electrons. The first-order valence-electron chi connectivity index (χ1n) is 8.10. The molecule has 0 spiro atoms. The molecule has 1 aromatic heterocycles. The van der Waals surface area contributed by atoms with Crippen molar-refractivity contribution in [2.24, 2.45) is 0 Å². The predicted octanol–water partition coefficient (Wildman–Crippen LogP) is 1.12. The van der Waals surface area contributed by atoms with Crippen molar-refractivity contribution >= 4 is 45.1 Å².